The van der Waals surface area contributed by atoms with E-state index >= 15 is 0 Å². The van der Waals surface area contributed by atoms with E-state index in [0.29, 0.717) is 0 Å². The van der Waals surface area contributed by atoms with Gasteiger partial charge in [0.2, 0.25) is 5.91 Å². The van der Waals surface area contributed by atoms with Crippen LogP contribution in [0.5, 0.6) is 0 Å². The van der Waals surface area contributed by atoms with E-state index in [1.165, 1.54) is 0 Å². The molecule has 2 atom stereocenters. The van der Waals surface area contributed by atoms with Crippen molar-refractivity contribution < 1.29 is 4.79 Å². The fourth-order valence-electron chi connectivity index (χ4n) is 3.86. The second-order valence-corrected chi connectivity index (χ2v) is 6.87. The van der Waals surface area contributed by atoms with Gasteiger partial charge < -0.3 is 10.2 Å². The van der Waals surface area contributed by atoms with Gasteiger partial charge in [0.05, 0.1) is 17.3 Å². The Kier molecular flexibility index (Phi) is 3.54. The minimum atomic E-state index is -0.196. The molecule has 1 fully saturated rings. The lowest BCUT2D eigenvalue weighted by atomic mass is 9.89. The lowest BCUT2D eigenvalue weighted by Gasteiger charge is -2.22. The van der Waals surface area contributed by atoms with E-state index in [0.717, 1.165) is 61.6 Å². The summed E-state index contributed by atoms with van der Waals surface area (Å²) in [6.45, 7) is 1.59. The van der Waals surface area contributed by atoms with E-state index < -0.39 is 0 Å². The van der Waals surface area contributed by atoms with Crippen molar-refractivity contribution in [3.8, 4) is 0 Å². The van der Waals surface area contributed by atoms with Gasteiger partial charge in [-0.2, -0.15) is 19.9 Å². The number of aromatic nitrogens is 7. The van der Waals surface area contributed by atoms with Crippen molar-refractivity contribution in [3.05, 3.63) is 29.8 Å². The summed E-state index contributed by atoms with van der Waals surface area (Å²) in [5, 5.41) is 26.5. The maximum Gasteiger partial charge on any atom is 0.229 e. The summed E-state index contributed by atoms with van der Waals surface area (Å²) in [6.07, 6.45) is 5.17. The zero-order valence-electron chi connectivity index (χ0n) is 14.2. The first-order valence-electron chi connectivity index (χ1n) is 8.90. The van der Waals surface area contributed by atoms with E-state index in [4.69, 9.17) is 0 Å². The van der Waals surface area contributed by atoms with Crippen LogP contribution in [0.25, 0.3) is 5.65 Å². The Morgan fingerprint density at radius 3 is 3.19 bits per heavy atom. The minimum Gasteiger partial charge on any atom is -0.353 e. The van der Waals surface area contributed by atoms with Crippen LogP contribution in [0.1, 0.15) is 36.6 Å². The highest BCUT2D eigenvalue weighted by Crippen LogP contribution is 2.29. The largest absolute Gasteiger partial charge is 0.353 e. The van der Waals surface area contributed by atoms with Gasteiger partial charge in [0.15, 0.2) is 5.65 Å². The van der Waals surface area contributed by atoms with Crippen LogP contribution in [0.3, 0.4) is 0 Å². The van der Waals surface area contributed by atoms with Gasteiger partial charge >= 0.3 is 0 Å². The molecule has 134 valence electrons. The number of aromatic amines is 1. The third-order valence-electron chi connectivity index (χ3n) is 5.21. The molecule has 10 nitrogen and oxygen atoms in total. The highest BCUT2D eigenvalue weighted by Gasteiger charge is 2.33. The molecule has 3 aromatic rings. The SMILES string of the molecule is O=C(NC1CCN(c2ccc3nncn3n2)C1)C1CCCc2n[nH]nc21. The first-order valence-corrected chi connectivity index (χ1v) is 8.90. The second-order valence-electron chi connectivity index (χ2n) is 6.87. The molecule has 0 bridgehead atoms. The molecule has 5 rings (SSSR count). The van der Waals surface area contributed by atoms with Gasteiger partial charge in [0, 0.05) is 19.1 Å². The van der Waals surface area contributed by atoms with Crippen LogP contribution in [0.4, 0.5) is 5.82 Å². The number of carbonyl (C=O) groups excluding carboxylic acids is 1. The van der Waals surface area contributed by atoms with Gasteiger partial charge in [0.25, 0.3) is 0 Å². The molecule has 0 radical (unpaired) electrons. The molecule has 0 aromatic carbocycles. The molecule has 0 spiro atoms. The van der Waals surface area contributed by atoms with E-state index in [9.17, 15) is 4.79 Å². The van der Waals surface area contributed by atoms with Gasteiger partial charge in [-0.05, 0) is 37.8 Å². The molecular weight excluding hydrogens is 334 g/mol. The summed E-state index contributed by atoms with van der Waals surface area (Å²) >= 11 is 0. The Hall–Kier alpha value is -3.04. The number of carbonyl (C=O) groups is 1. The summed E-state index contributed by atoms with van der Waals surface area (Å²) in [4.78, 5) is 14.9. The van der Waals surface area contributed by atoms with Crippen LogP contribution in [0, 0.1) is 0 Å². The van der Waals surface area contributed by atoms with Gasteiger partial charge in [0.1, 0.15) is 12.1 Å². The third kappa shape index (κ3) is 2.57. The van der Waals surface area contributed by atoms with Crippen molar-refractivity contribution >= 4 is 17.4 Å². The molecule has 3 aromatic heterocycles. The Morgan fingerprint density at radius 1 is 1.27 bits per heavy atom. The monoisotopic (exact) mass is 353 g/mol. The zero-order chi connectivity index (χ0) is 17.5. The Labute approximate surface area is 149 Å². The van der Waals surface area contributed by atoms with E-state index in [-0.39, 0.29) is 17.9 Å². The van der Waals surface area contributed by atoms with Crippen molar-refractivity contribution in [2.75, 3.05) is 18.0 Å². The summed E-state index contributed by atoms with van der Waals surface area (Å²) in [5.41, 5.74) is 2.46. The third-order valence-corrected chi connectivity index (χ3v) is 5.21. The number of rotatable bonds is 3. The van der Waals surface area contributed by atoms with Gasteiger partial charge in [-0.3, -0.25) is 4.79 Å². The van der Waals surface area contributed by atoms with E-state index in [1.807, 2.05) is 12.1 Å². The minimum absolute atomic E-state index is 0.0499. The lowest BCUT2D eigenvalue weighted by Crippen LogP contribution is -2.40. The smallest absolute Gasteiger partial charge is 0.229 e. The predicted octanol–water partition coefficient (Wildman–Crippen LogP) is 0.0574. The average molecular weight is 353 g/mol. The number of nitrogens with one attached hydrogen (secondary N) is 2. The summed E-state index contributed by atoms with van der Waals surface area (Å²) in [7, 11) is 0. The number of hydrogen-bond donors (Lipinski definition) is 2. The van der Waals surface area contributed by atoms with Crippen LogP contribution >= 0.6 is 0 Å². The van der Waals surface area contributed by atoms with Gasteiger partial charge in [-0.1, -0.05) is 0 Å². The standard InChI is InChI=1S/C16H19N9O/c26-16(11-2-1-3-12-15(11)21-23-19-12)18-10-6-7-24(8-10)14-5-4-13-20-17-9-25(13)22-14/h4-5,9-11H,1-3,6-8H2,(H,18,26)(H,19,21,23). The van der Waals surface area contributed by atoms with Gasteiger partial charge in [-0.15, -0.1) is 15.3 Å². The first kappa shape index (κ1) is 15.2. The molecule has 2 aliphatic rings. The number of anilines is 1. The Bertz CT molecular complexity index is 948. The van der Waals surface area contributed by atoms with Crippen LogP contribution in [-0.2, 0) is 11.2 Å². The number of H-pyrrole nitrogens is 1. The Morgan fingerprint density at radius 2 is 2.23 bits per heavy atom. The van der Waals surface area contributed by atoms with Crippen molar-refractivity contribution in [2.24, 2.45) is 0 Å². The fourth-order valence-corrected chi connectivity index (χ4v) is 3.86. The van der Waals surface area contributed by atoms with Crippen LogP contribution in [0.15, 0.2) is 18.5 Å². The summed E-state index contributed by atoms with van der Waals surface area (Å²) in [6, 6.07) is 3.95. The maximum atomic E-state index is 12.8. The van der Waals surface area contributed by atoms with Crippen molar-refractivity contribution in [1.29, 1.82) is 0 Å². The summed E-state index contributed by atoms with van der Waals surface area (Å²) in [5.74, 6) is 0.720. The zero-order valence-corrected chi connectivity index (χ0v) is 14.2. The molecule has 26 heavy (non-hydrogen) atoms. The van der Waals surface area contributed by atoms with E-state index in [2.05, 4.69) is 40.9 Å². The quantitative estimate of drug-likeness (QED) is 0.683. The molecule has 4 heterocycles. The number of aryl methyl sites for hydroxylation is 1. The molecule has 1 amide bonds. The number of amides is 1. The summed E-state index contributed by atoms with van der Waals surface area (Å²) < 4.78 is 1.66. The van der Waals surface area contributed by atoms with Crippen molar-refractivity contribution in [3.63, 3.8) is 0 Å². The number of nitrogens with zero attached hydrogens (tertiary/aromatic N) is 7. The highest BCUT2D eigenvalue weighted by molar-refractivity contribution is 5.84. The predicted molar refractivity (Wildman–Crippen MR) is 91.6 cm³/mol. The second kappa shape index (κ2) is 6.04. The molecule has 1 aliphatic carbocycles. The number of hydrogen-bond acceptors (Lipinski definition) is 7. The van der Waals surface area contributed by atoms with Crippen molar-refractivity contribution in [2.45, 2.75) is 37.6 Å². The maximum absolute atomic E-state index is 12.8. The fraction of sp³-hybridized carbons (Fsp3) is 0.500. The molecule has 0 saturated carbocycles. The van der Waals surface area contributed by atoms with Crippen LogP contribution in [0.2, 0.25) is 0 Å². The molecule has 2 unspecified atom stereocenters. The van der Waals surface area contributed by atoms with Crippen LogP contribution < -0.4 is 10.2 Å². The average Bonchev–Trinajstić information content (AvgIpc) is 3.40. The van der Waals surface area contributed by atoms with Crippen LogP contribution in [-0.4, -0.2) is 60.3 Å². The van der Waals surface area contributed by atoms with E-state index in [1.54, 1.807) is 10.8 Å². The Balaban J connectivity index is 1.26. The first-order chi connectivity index (χ1) is 12.8. The normalized spacial score (nSPS) is 22.5. The molecule has 2 N–H and O–H groups in total. The topological polar surface area (TPSA) is 117 Å². The van der Waals surface area contributed by atoms with Crippen molar-refractivity contribution in [1.82, 2.24) is 40.5 Å². The molecular formula is C16H19N9O. The molecule has 1 aliphatic heterocycles. The lowest BCUT2D eigenvalue weighted by molar-refractivity contribution is -0.123. The van der Waals surface area contributed by atoms with Gasteiger partial charge in [-0.25, -0.2) is 0 Å². The number of fused-ring (bicyclic) bond motifs is 2. The molecule has 10 heteroatoms. The molecule has 1 saturated heterocycles. The highest BCUT2D eigenvalue weighted by atomic mass is 16.2.